The van der Waals surface area contributed by atoms with Crippen molar-refractivity contribution in [3.8, 4) is 0 Å². The minimum Gasteiger partial charge on any atom is -0.459 e. The number of carbonyl (C=O) groups is 1. The zero-order valence-corrected chi connectivity index (χ0v) is 11.7. The average molecular weight is 262 g/mol. The van der Waals surface area contributed by atoms with E-state index < -0.39 is 0 Å². The summed E-state index contributed by atoms with van der Waals surface area (Å²) >= 11 is 5.58. The molecule has 1 rings (SSSR count). The second kappa shape index (κ2) is 7.22. The van der Waals surface area contributed by atoms with Crippen molar-refractivity contribution in [1.29, 1.82) is 0 Å². The molecule has 1 fully saturated rings. The third-order valence-corrected chi connectivity index (χ3v) is 3.73. The Kier molecular flexibility index (Phi) is 6.28. The fraction of sp³-hybridized carbons (Fsp3) is 0.923. The van der Waals surface area contributed by atoms with Crippen LogP contribution in [0.2, 0.25) is 0 Å². The van der Waals surface area contributed by atoms with Crippen molar-refractivity contribution in [3.63, 3.8) is 0 Å². The molecule has 3 nitrogen and oxygen atoms in total. The lowest BCUT2D eigenvalue weighted by Crippen LogP contribution is -2.42. The summed E-state index contributed by atoms with van der Waals surface area (Å²) in [4.78, 5) is 11.7. The molecule has 1 aliphatic heterocycles. The smallest absolute Gasteiger partial charge is 0.306 e. The molecule has 0 spiro atoms. The van der Waals surface area contributed by atoms with Gasteiger partial charge in [0.15, 0.2) is 0 Å². The molecule has 0 bridgehead atoms. The number of hydrogen-bond donors (Lipinski definition) is 1. The average Bonchev–Trinajstić information content (AvgIpc) is 2.30. The third kappa shape index (κ3) is 5.26. The molecule has 1 heterocycles. The van der Waals surface area contributed by atoms with Gasteiger partial charge in [-0.25, -0.2) is 0 Å². The fourth-order valence-corrected chi connectivity index (χ4v) is 2.50. The Labute approximate surface area is 109 Å². The fourth-order valence-electron chi connectivity index (χ4n) is 2.31. The van der Waals surface area contributed by atoms with Crippen molar-refractivity contribution in [3.05, 3.63) is 0 Å². The van der Waals surface area contributed by atoms with Gasteiger partial charge in [-0.3, -0.25) is 4.79 Å². The summed E-state index contributed by atoms with van der Waals surface area (Å²) in [6, 6.07) is 0. The van der Waals surface area contributed by atoms with E-state index in [1.165, 1.54) is 0 Å². The molecule has 0 saturated carbocycles. The van der Waals surface area contributed by atoms with Gasteiger partial charge in [0.25, 0.3) is 0 Å². The molecule has 1 N–H and O–H groups in total. The van der Waals surface area contributed by atoms with E-state index in [0.29, 0.717) is 18.2 Å². The molecular weight excluding hydrogens is 238 g/mol. The van der Waals surface area contributed by atoms with Crippen molar-refractivity contribution in [1.82, 2.24) is 5.32 Å². The molecule has 17 heavy (non-hydrogen) atoms. The highest BCUT2D eigenvalue weighted by Gasteiger charge is 2.33. The number of hydrogen-bond acceptors (Lipinski definition) is 3. The van der Waals surface area contributed by atoms with Crippen LogP contribution in [0.5, 0.6) is 0 Å². The topological polar surface area (TPSA) is 38.3 Å². The molecule has 0 unspecified atom stereocenters. The van der Waals surface area contributed by atoms with Crippen LogP contribution in [-0.2, 0) is 9.53 Å². The molecule has 0 aromatic heterocycles. The quantitative estimate of drug-likeness (QED) is 0.454. The molecule has 4 heteroatoms. The third-order valence-electron chi connectivity index (χ3n) is 3.46. The van der Waals surface area contributed by atoms with E-state index in [0.717, 1.165) is 38.8 Å². The highest BCUT2D eigenvalue weighted by molar-refractivity contribution is 6.17. The molecule has 0 aliphatic carbocycles. The standard InChI is InChI=1S/C13H24ClNO2/c1-13(2,11-6-9-15-10-7-11)17-12(16)5-3-4-8-14/h11,15H,3-10H2,1-2H3. The molecule has 1 aliphatic rings. The van der Waals surface area contributed by atoms with Crippen LogP contribution in [-0.4, -0.2) is 30.5 Å². The molecule has 1 saturated heterocycles. The van der Waals surface area contributed by atoms with Crippen LogP contribution < -0.4 is 5.32 Å². The SMILES string of the molecule is CC(C)(OC(=O)CCCCCl)C1CCNCC1. The second-order valence-corrected chi connectivity index (χ2v) is 5.63. The van der Waals surface area contributed by atoms with Crippen LogP contribution in [0, 0.1) is 5.92 Å². The Bertz CT molecular complexity index is 238. The predicted octanol–water partition coefficient (Wildman–Crippen LogP) is 2.72. The summed E-state index contributed by atoms with van der Waals surface area (Å²) < 4.78 is 5.61. The summed E-state index contributed by atoms with van der Waals surface area (Å²) in [5.74, 6) is 1.00. The van der Waals surface area contributed by atoms with Gasteiger partial charge in [0.1, 0.15) is 5.60 Å². The largest absolute Gasteiger partial charge is 0.459 e. The van der Waals surface area contributed by atoms with Crippen LogP contribution >= 0.6 is 11.6 Å². The van der Waals surface area contributed by atoms with E-state index in [4.69, 9.17) is 16.3 Å². The minimum absolute atomic E-state index is 0.0846. The molecule has 0 amide bonds. The van der Waals surface area contributed by atoms with Gasteiger partial charge in [-0.1, -0.05) is 0 Å². The first-order valence-corrected chi connectivity index (χ1v) is 7.08. The van der Waals surface area contributed by atoms with Crippen molar-refractivity contribution in [2.45, 2.75) is 51.6 Å². The van der Waals surface area contributed by atoms with E-state index in [1.807, 2.05) is 13.8 Å². The van der Waals surface area contributed by atoms with Gasteiger partial charge in [0.2, 0.25) is 0 Å². The van der Waals surface area contributed by atoms with Crippen LogP contribution in [0.3, 0.4) is 0 Å². The van der Waals surface area contributed by atoms with Gasteiger partial charge >= 0.3 is 5.97 Å². The number of ether oxygens (including phenoxy) is 1. The Hall–Kier alpha value is -0.280. The number of unbranched alkanes of at least 4 members (excludes halogenated alkanes) is 1. The van der Waals surface area contributed by atoms with Crippen LogP contribution in [0.25, 0.3) is 0 Å². The number of nitrogens with one attached hydrogen (secondary N) is 1. The lowest BCUT2D eigenvalue weighted by atomic mass is 9.83. The molecular formula is C13H24ClNO2. The zero-order valence-electron chi connectivity index (χ0n) is 10.9. The summed E-state index contributed by atoms with van der Waals surface area (Å²) in [5, 5.41) is 3.33. The van der Waals surface area contributed by atoms with Gasteiger partial charge in [-0.15, -0.1) is 11.6 Å². The number of alkyl halides is 1. The first kappa shape index (κ1) is 14.8. The molecule has 0 atom stereocenters. The maximum atomic E-state index is 11.7. The van der Waals surface area contributed by atoms with E-state index in [1.54, 1.807) is 0 Å². The minimum atomic E-state index is -0.333. The number of halogens is 1. The number of piperidine rings is 1. The van der Waals surface area contributed by atoms with Crippen LogP contribution in [0.1, 0.15) is 46.0 Å². The summed E-state index contributed by atoms with van der Waals surface area (Å²) in [6.45, 7) is 6.11. The maximum absolute atomic E-state index is 11.7. The molecule has 0 radical (unpaired) electrons. The van der Waals surface area contributed by atoms with Crippen LogP contribution in [0.15, 0.2) is 0 Å². The Morgan fingerprint density at radius 3 is 2.59 bits per heavy atom. The lowest BCUT2D eigenvalue weighted by Gasteiger charge is -2.36. The van der Waals surface area contributed by atoms with E-state index in [2.05, 4.69) is 5.32 Å². The zero-order chi connectivity index (χ0) is 12.7. The monoisotopic (exact) mass is 261 g/mol. The molecule has 100 valence electrons. The Balaban J connectivity index is 2.33. The highest BCUT2D eigenvalue weighted by Crippen LogP contribution is 2.29. The highest BCUT2D eigenvalue weighted by atomic mass is 35.5. The number of carbonyl (C=O) groups excluding carboxylic acids is 1. The first-order chi connectivity index (χ1) is 8.06. The first-order valence-electron chi connectivity index (χ1n) is 6.55. The predicted molar refractivity (Wildman–Crippen MR) is 70.3 cm³/mol. The summed E-state index contributed by atoms with van der Waals surface area (Å²) in [5.41, 5.74) is -0.333. The Morgan fingerprint density at radius 1 is 1.35 bits per heavy atom. The van der Waals surface area contributed by atoms with Gasteiger partial charge in [0, 0.05) is 18.2 Å². The van der Waals surface area contributed by atoms with Crippen molar-refractivity contribution in [2.75, 3.05) is 19.0 Å². The number of esters is 1. The van der Waals surface area contributed by atoms with Crippen molar-refractivity contribution < 1.29 is 9.53 Å². The van der Waals surface area contributed by atoms with Crippen LogP contribution in [0.4, 0.5) is 0 Å². The van der Waals surface area contributed by atoms with Crippen molar-refractivity contribution in [2.24, 2.45) is 5.92 Å². The van der Waals surface area contributed by atoms with Gasteiger partial charge in [0.05, 0.1) is 0 Å². The van der Waals surface area contributed by atoms with E-state index in [-0.39, 0.29) is 11.6 Å². The van der Waals surface area contributed by atoms with Gasteiger partial charge < -0.3 is 10.1 Å². The van der Waals surface area contributed by atoms with Gasteiger partial charge in [-0.05, 0) is 52.6 Å². The summed E-state index contributed by atoms with van der Waals surface area (Å²) in [6.07, 6.45) is 4.36. The Morgan fingerprint density at radius 2 is 2.00 bits per heavy atom. The normalized spacial score (nSPS) is 18.1. The maximum Gasteiger partial charge on any atom is 0.306 e. The van der Waals surface area contributed by atoms with Crippen molar-refractivity contribution >= 4 is 17.6 Å². The van der Waals surface area contributed by atoms with Gasteiger partial charge in [-0.2, -0.15) is 0 Å². The molecule has 0 aromatic rings. The van der Waals surface area contributed by atoms with E-state index >= 15 is 0 Å². The lowest BCUT2D eigenvalue weighted by molar-refractivity contribution is -0.162. The number of rotatable bonds is 6. The van der Waals surface area contributed by atoms with E-state index in [9.17, 15) is 4.79 Å². The molecule has 0 aromatic carbocycles. The summed E-state index contributed by atoms with van der Waals surface area (Å²) in [7, 11) is 0. The second-order valence-electron chi connectivity index (χ2n) is 5.25.